The predicted octanol–water partition coefficient (Wildman–Crippen LogP) is 3.54. The van der Waals surface area contributed by atoms with Crippen LogP contribution in [-0.2, 0) is 0 Å². The molecule has 1 heterocycles. The van der Waals surface area contributed by atoms with E-state index in [9.17, 15) is 4.79 Å². The Bertz CT molecular complexity index is 565. The fourth-order valence-electron chi connectivity index (χ4n) is 1.38. The highest BCUT2D eigenvalue weighted by Gasteiger charge is 2.10. The van der Waals surface area contributed by atoms with Crippen molar-refractivity contribution in [2.24, 2.45) is 0 Å². The lowest BCUT2D eigenvalue weighted by molar-refractivity contribution is 0.103. The standard InChI is InChI=1S/C12H11ClN2OS/c1-7-2-5-11(17-7)12(16)15-10-6-8(13)3-4-9(10)14/h2-6H,14H2,1H3,(H,15,16). The first kappa shape index (κ1) is 12.0. The highest BCUT2D eigenvalue weighted by Crippen LogP contribution is 2.24. The Hall–Kier alpha value is -1.52. The second kappa shape index (κ2) is 4.77. The first-order valence-electron chi connectivity index (χ1n) is 4.99. The monoisotopic (exact) mass is 266 g/mol. The third kappa shape index (κ3) is 2.78. The van der Waals surface area contributed by atoms with Crippen molar-refractivity contribution in [3.05, 3.63) is 45.1 Å². The fraction of sp³-hybridized carbons (Fsp3) is 0.0833. The van der Waals surface area contributed by atoms with Gasteiger partial charge in [-0.2, -0.15) is 0 Å². The molecule has 3 N–H and O–H groups in total. The Balaban J connectivity index is 2.21. The number of carbonyl (C=O) groups is 1. The zero-order valence-corrected chi connectivity index (χ0v) is 10.7. The van der Waals surface area contributed by atoms with Crippen LogP contribution in [-0.4, -0.2) is 5.91 Å². The lowest BCUT2D eigenvalue weighted by Gasteiger charge is -2.07. The number of aryl methyl sites for hydroxylation is 1. The van der Waals surface area contributed by atoms with Crippen molar-refractivity contribution in [3.63, 3.8) is 0 Å². The number of rotatable bonds is 2. The normalized spacial score (nSPS) is 10.2. The minimum Gasteiger partial charge on any atom is -0.397 e. The largest absolute Gasteiger partial charge is 0.397 e. The van der Waals surface area contributed by atoms with Gasteiger partial charge < -0.3 is 11.1 Å². The van der Waals surface area contributed by atoms with Gasteiger partial charge in [-0.3, -0.25) is 4.79 Å². The van der Waals surface area contributed by atoms with E-state index in [-0.39, 0.29) is 5.91 Å². The minimum atomic E-state index is -0.169. The van der Waals surface area contributed by atoms with Gasteiger partial charge in [-0.05, 0) is 37.3 Å². The molecule has 0 unspecified atom stereocenters. The smallest absolute Gasteiger partial charge is 0.265 e. The summed E-state index contributed by atoms with van der Waals surface area (Å²) < 4.78 is 0. The number of thiophene rings is 1. The Kier molecular flexibility index (Phi) is 3.36. The number of carbonyl (C=O) groups excluding carboxylic acids is 1. The summed E-state index contributed by atoms with van der Waals surface area (Å²) in [7, 11) is 0. The quantitative estimate of drug-likeness (QED) is 0.817. The number of nitrogens with one attached hydrogen (secondary N) is 1. The van der Waals surface area contributed by atoms with Gasteiger partial charge in [0.1, 0.15) is 0 Å². The molecule has 1 aromatic heterocycles. The molecule has 0 fully saturated rings. The van der Waals surface area contributed by atoms with Gasteiger partial charge in [-0.25, -0.2) is 0 Å². The fourth-order valence-corrected chi connectivity index (χ4v) is 2.31. The summed E-state index contributed by atoms with van der Waals surface area (Å²) in [5.74, 6) is -0.169. The summed E-state index contributed by atoms with van der Waals surface area (Å²) in [5, 5.41) is 3.28. The van der Waals surface area contributed by atoms with Crippen LogP contribution in [0.3, 0.4) is 0 Å². The van der Waals surface area contributed by atoms with E-state index >= 15 is 0 Å². The van der Waals surface area contributed by atoms with Crippen LogP contribution in [0, 0.1) is 6.92 Å². The van der Waals surface area contributed by atoms with Crippen LogP contribution in [0.4, 0.5) is 11.4 Å². The summed E-state index contributed by atoms with van der Waals surface area (Å²) >= 11 is 7.29. The van der Waals surface area contributed by atoms with Crippen LogP contribution >= 0.6 is 22.9 Å². The molecule has 0 bridgehead atoms. The van der Waals surface area contributed by atoms with Crippen molar-refractivity contribution in [2.45, 2.75) is 6.92 Å². The van der Waals surface area contributed by atoms with Crippen LogP contribution in [0.1, 0.15) is 14.5 Å². The van der Waals surface area contributed by atoms with E-state index in [2.05, 4.69) is 5.32 Å². The predicted molar refractivity (Wildman–Crippen MR) is 72.9 cm³/mol. The van der Waals surface area contributed by atoms with Gasteiger partial charge in [0, 0.05) is 9.90 Å². The van der Waals surface area contributed by atoms with Gasteiger partial charge in [-0.15, -0.1) is 11.3 Å². The molecule has 3 nitrogen and oxygen atoms in total. The highest BCUT2D eigenvalue weighted by atomic mass is 35.5. The summed E-state index contributed by atoms with van der Waals surface area (Å²) in [6.07, 6.45) is 0. The lowest BCUT2D eigenvalue weighted by Crippen LogP contribution is -2.11. The maximum absolute atomic E-state index is 11.9. The van der Waals surface area contributed by atoms with E-state index in [0.29, 0.717) is 21.3 Å². The van der Waals surface area contributed by atoms with E-state index in [1.165, 1.54) is 11.3 Å². The van der Waals surface area contributed by atoms with Crippen LogP contribution in [0.25, 0.3) is 0 Å². The van der Waals surface area contributed by atoms with Crippen LogP contribution in [0.15, 0.2) is 30.3 Å². The van der Waals surface area contributed by atoms with Gasteiger partial charge in [0.25, 0.3) is 5.91 Å². The Labute approximate surface area is 108 Å². The first-order valence-corrected chi connectivity index (χ1v) is 6.18. The molecule has 0 spiro atoms. The molecule has 0 atom stereocenters. The second-order valence-corrected chi connectivity index (χ2v) is 5.32. The SMILES string of the molecule is Cc1ccc(C(=O)Nc2cc(Cl)ccc2N)s1. The van der Waals surface area contributed by atoms with E-state index in [1.54, 1.807) is 24.3 Å². The molecule has 0 aliphatic carbocycles. The molecular formula is C12H11ClN2OS. The third-order valence-corrected chi connectivity index (χ3v) is 3.46. The molecule has 2 aromatic rings. The molecule has 1 amide bonds. The van der Waals surface area contributed by atoms with Gasteiger partial charge in [0.15, 0.2) is 0 Å². The topological polar surface area (TPSA) is 55.1 Å². The summed E-state index contributed by atoms with van der Waals surface area (Å²) in [5.41, 5.74) is 6.78. The van der Waals surface area contributed by atoms with Crippen molar-refractivity contribution in [2.75, 3.05) is 11.1 Å². The second-order valence-electron chi connectivity index (χ2n) is 3.60. The van der Waals surface area contributed by atoms with Crippen LogP contribution < -0.4 is 11.1 Å². The van der Waals surface area contributed by atoms with Crippen molar-refractivity contribution < 1.29 is 4.79 Å². The molecule has 17 heavy (non-hydrogen) atoms. The lowest BCUT2D eigenvalue weighted by atomic mass is 10.2. The van der Waals surface area contributed by atoms with Gasteiger partial charge in [0.05, 0.1) is 16.3 Å². The Morgan fingerprint density at radius 2 is 2.12 bits per heavy atom. The molecular weight excluding hydrogens is 256 g/mol. The molecule has 0 radical (unpaired) electrons. The zero-order chi connectivity index (χ0) is 12.4. The Morgan fingerprint density at radius 3 is 2.76 bits per heavy atom. The molecule has 0 saturated carbocycles. The number of halogens is 1. The number of nitrogen functional groups attached to an aromatic ring is 1. The van der Waals surface area contributed by atoms with Gasteiger partial charge >= 0.3 is 0 Å². The molecule has 1 aromatic carbocycles. The van der Waals surface area contributed by atoms with Crippen molar-refractivity contribution in [1.82, 2.24) is 0 Å². The Morgan fingerprint density at radius 1 is 1.35 bits per heavy atom. The maximum atomic E-state index is 11.9. The van der Waals surface area contributed by atoms with Crippen molar-refractivity contribution >= 4 is 40.2 Å². The molecule has 88 valence electrons. The molecule has 2 rings (SSSR count). The number of hydrogen-bond acceptors (Lipinski definition) is 3. The average molecular weight is 267 g/mol. The summed E-state index contributed by atoms with van der Waals surface area (Å²) in [6.45, 7) is 1.95. The van der Waals surface area contributed by atoms with Gasteiger partial charge in [-0.1, -0.05) is 11.6 Å². The van der Waals surface area contributed by atoms with Crippen LogP contribution in [0.2, 0.25) is 5.02 Å². The van der Waals surface area contributed by atoms with Crippen molar-refractivity contribution in [3.8, 4) is 0 Å². The number of nitrogens with two attached hydrogens (primary N) is 1. The number of anilines is 2. The summed E-state index contributed by atoms with van der Waals surface area (Å²) in [4.78, 5) is 13.6. The maximum Gasteiger partial charge on any atom is 0.265 e. The number of amides is 1. The molecule has 0 aliphatic rings. The molecule has 0 aliphatic heterocycles. The van der Waals surface area contributed by atoms with E-state index in [0.717, 1.165) is 4.88 Å². The molecule has 5 heteroatoms. The van der Waals surface area contributed by atoms with Gasteiger partial charge in [0.2, 0.25) is 0 Å². The minimum absolute atomic E-state index is 0.169. The third-order valence-electron chi connectivity index (χ3n) is 2.23. The first-order chi connectivity index (χ1) is 8.06. The van der Waals surface area contributed by atoms with E-state index < -0.39 is 0 Å². The average Bonchev–Trinajstić information content (AvgIpc) is 2.70. The van der Waals surface area contributed by atoms with E-state index in [4.69, 9.17) is 17.3 Å². The number of hydrogen-bond donors (Lipinski definition) is 2. The van der Waals surface area contributed by atoms with Crippen molar-refractivity contribution in [1.29, 1.82) is 0 Å². The van der Waals surface area contributed by atoms with E-state index in [1.807, 2.05) is 13.0 Å². The zero-order valence-electron chi connectivity index (χ0n) is 9.16. The summed E-state index contributed by atoms with van der Waals surface area (Å²) in [6, 6.07) is 8.67. The number of benzene rings is 1. The van der Waals surface area contributed by atoms with Crippen LogP contribution in [0.5, 0.6) is 0 Å². The highest BCUT2D eigenvalue weighted by molar-refractivity contribution is 7.14. The molecule has 0 saturated heterocycles.